The molecular weight excluding hydrogens is 356 g/mol. The van der Waals surface area contributed by atoms with Crippen LogP contribution >= 0.6 is 0 Å². The molecule has 0 spiro atoms. The van der Waals surface area contributed by atoms with Crippen molar-refractivity contribution in [2.24, 2.45) is 0 Å². The number of aromatic nitrogens is 3. The smallest absolute Gasteiger partial charge is 0.159 e. The zero-order valence-corrected chi connectivity index (χ0v) is 16.4. The van der Waals surface area contributed by atoms with Crippen LogP contribution in [0.5, 0.6) is 0 Å². The minimum absolute atomic E-state index is 0.637. The zero-order chi connectivity index (χ0) is 19.5. The standard InChI is InChI=1S/C25H24N4/c1-2-6-20(7-3-1)21-12-16-29(17-13-21)25-23-9-5-4-8-22(23)24(27-28-25)18-19-10-14-26-15-11-19/h1-11,14-15,21H,12-13,16-18H2. The number of hydrogen-bond donors (Lipinski definition) is 0. The minimum Gasteiger partial charge on any atom is -0.355 e. The van der Waals surface area contributed by atoms with Crippen LogP contribution < -0.4 is 4.90 Å². The Morgan fingerprint density at radius 2 is 1.45 bits per heavy atom. The summed E-state index contributed by atoms with van der Waals surface area (Å²) in [5, 5.41) is 11.7. The molecule has 2 aromatic heterocycles. The van der Waals surface area contributed by atoms with E-state index in [2.05, 4.69) is 74.7 Å². The summed E-state index contributed by atoms with van der Waals surface area (Å²) in [7, 11) is 0. The first-order valence-corrected chi connectivity index (χ1v) is 10.3. The molecule has 0 aliphatic carbocycles. The summed E-state index contributed by atoms with van der Waals surface area (Å²) in [4.78, 5) is 6.52. The molecule has 4 heteroatoms. The summed E-state index contributed by atoms with van der Waals surface area (Å²) in [5.41, 5.74) is 3.68. The van der Waals surface area contributed by atoms with Gasteiger partial charge in [-0.25, -0.2) is 0 Å². The third-order valence-electron chi connectivity index (χ3n) is 5.93. The average molecular weight is 380 g/mol. The van der Waals surface area contributed by atoms with Crippen LogP contribution in [0.2, 0.25) is 0 Å². The van der Waals surface area contributed by atoms with Gasteiger partial charge < -0.3 is 4.90 Å². The molecule has 0 unspecified atom stereocenters. The second kappa shape index (κ2) is 8.00. The number of rotatable bonds is 4. The third-order valence-corrected chi connectivity index (χ3v) is 5.93. The van der Waals surface area contributed by atoms with Crippen LogP contribution in [0.3, 0.4) is 0 Å². The van der Waals surface area contributed by atoms with Crippen molar-refractivity contribution in [1.82, 2.24) is 15.2 Å². The summed E-state index contributed by atoms with van der Waals surface area (Å²) in [6.45, 7) is 2.03. The molecule has 1 fully saturated rings. The minimum atomic E-state index is 0.637. The molecule has 144 valence electrons. The average Bonchev–Trinajstić information content (AvgIpc) is 2.81. The molecule has 0 atom stereocenters. The van der Waals surface area contributed by atoms with Crippen LogP contribution in [0.1, 0.15) is 35.6 Å². The van der Waals surface area contributed by atoms with Crippen LogP contribution in [-0.4, -0.2) is 28.3 Å². The SMILES string of the molecule is c1ccc(C2CCN(c3nnc(Cc4ccncc4)c4ccccc34)CC2)cc1. The molecule has 0 amide bonds. The number of fused-ring (bicyclic) bond motifs is 1. The van der Waals surface area contributed by atoms with Gasteiger partial charge in [0.2, 0.25) is 0 Å². The van der Waals surface area contributed by atoms with Gasteiger partial charge in [0.15, 0.2) is 5.82 Å². The Kier molecular flexibility index (Phi) is 4.91. The molecule has 5 rings (SSSR count). The van der Waals surface area contributed by atoms with Crippen molar-refractivity contribution in [3.63, 3.8) is 0 Å². The number of hydrogen-bond acceptors (Lipinski definition) is 4. The van der Waals surface area contributed by atoms with Gasteiger partial charge in [-0.1, -0.05) is 54.6 Å². The van der Waals surface area contributed by atoms with Crippen LogP contribution in [0, 0.1) is 0 Å². The monoisotopic (exact) mass is 380 g/mol. The van der Waals surface area contributed by atoms with E-state index in [1.807, 2.05) is 24.5 Å². The number of piperidine rings is 1. The Hall–Kier alpha value is -3.27. The van der Waals surface area contributed by atoms with E-state index >= 15 is 0 Å². The number of benzene rings is 2. The van der Waals surface area contributed by atoms with E-state index in [1.165, 1.54) is 21.9 Å². The van der Waals surface area contributed by atoms with Crippen molar-refractivity contribution in [3.8, 4) is 0 Å². The van der Waals surface area contributed by atoms with E-state index in [1.54, 1.807) is 0 Å². The molecular formula is C25H24N4. The molecule has 1 saturated heterocycles. The van der Waals surface area contributed by atoms with Gasteiger partial charge in [-0.2, -0.15) is 5.10 Å². The van der Waals surface area contributed by atoms with Gasteiger partial charge in [-0.05, 0) is 42.0 Å². The topological polar surface area (TPSA) is 41.9 Å². The highest BCUT2D eigenvalue weighted by molar-refractivity contribution is 5.93. The molecule has 3 heterocycles. The van der Waals surface area contributed by atoms with Crippen molar-refractivity contribution in [1.29, 1.82) is 0 Å². The van der Waals surface area contributed by atoms with Crippen LogP contribution in [0.4, 0.5) is 5.82 Å². The highest BCUT2D eigenvalue weighted by Crippen LogP contribution is 2.33. The second-order valence-electron chi connectivity index (χ2n) is 7.72. The van der Waals surface area contributed by atoms with E-state index in [-0.39, 0.29) is 0 Å². The fourth-order valence-corrected chi connectivity index (χ4v) is 4.35. The van der Waals surface area contributed by atoms with E-state index in [4.69, 9.17) is 0 Å². The molecule has 29 heavy (non-hydrogen) atoms. The maximum Gasteiger partial charge on any atom is 0.159 e. The second-order valence-corrected chi connectivity index (χ2v) is 7.72. The van der Waals surface area contributed by atoms with Crippen LogP contribution in [-0.2, 0) is 6.42 Å². The van der Waals surface area contributed by atoms with Gasteiger partial charge in [0.25, 0.3) is 0 Å². The van der Waals surface area contributed by atoms with Gasteiger partial charge in [0, 0.05) is 42.7 Å². The molecule has 1 aliphatic rings. The molecule has 0 N–H and O–H groups in total. The van der Waals surface area contributed by atoms with Crippen molar-refractivity contribution >= 4 is 16.6 Å². The zero-order valence-electron chi connectivity index (χ0n) is 16.4. The Balaban J connectivity index is 1.41. The lowest BCUT2D eigenvalue weighted by Gasteiger charge is -2.33. The highest BCUT2D eigenvalue weighted by Gasteiger charge is 2.23. The highest BCUT2D eigenvalue weighted by atomic mass is 15.3. The first-order chi connectivity index (χ1) is 14.4. The molecule has 0 bridgehead atoms. The molecule has 2 aromatic carbocycles. The molecule has 4 aromatic rings. The summed E-state index contributed by atoms with van der Waals surface area (Å²) in [5.74, 6) is 1.66. The van der Waals surface area contributed by atoms with E-state index in [9.17, 15) is 0 Å². The Morgan fingerprint density at radius 3 is 2.21 bits per heavy atom. The number of pyridine rings is 1. The fourth-order valence-electron chi connectivity index (χ4n) is 4.35. The van der Waals surface area contributed by atoms with E-state index in [0.717, 1.165) is 43.9 Å². The third kappa shape index (κ3) is 3.70. The first-order valence-electron chi connectivity index (χ1n) is 10.3. The Bertz CT molecular complexity index is 1090. The normalized spacial score (nSPS) is 15.0. The molecule has 0 radical (unpaired) electrons. The maximum absolute atomic E-state index is 4.68. The first kappa shape index (κ1) is 17.8. The van der Waals surface area contributed by atoms with E-state index in [0.29, 0.717) is 5.92 Å². The van der Waals surface area contributed by atoms with Crippen LogP contribution in [0.15, 0.2) is 79.1 Å². The maximum atomic E-state index is 4.68. The Morgan fingerprint density at radius 1 is 0.759 bits per heavy atom. The van der Waals surface area contributed by atoms with Crippen molar-refractivity contribution in [2.75, 3.05) is 18.0 Å². The predicted octanol–water partition coefficient (Wildman–Crippen LogP) is 5.00. The van der Waals surface area contributed by atoms with E-state index < -0.39 is 0 Å². The summed E-state index contributed by atoms with van der Waals surface area (Å²) < 4.78 is 0. The van der Waals surface area contributed by atoms with Crippen molar-refractivity contribution in [3.05, 3.63) is 95.9 Å². The summed E-state index contributed by atoms with van der Waals surface area (Å²) in [6.07, 6.45) is 6.73. The lowest BCUT2D eigenvalue weighted by molar-refractivity contribution is 0.502. The number of nitrogens with zero attached hydrogens (tertiary/aromatic N) is 4. The largest absolute Gasteiger partial charge is 0.355 e. The van der Waals surface area contributed by atoms with Gasteiger partial charge >= 0.3 is 0 Å². The molecule has 4 nitrogen and oxygen atoms in total. The van der Waals surface area contributed by atoms with Gasteiger partial charge in [0.05, 0.1) is 5.69 Å². The quantitative estimate of drug-likeness (QED) is 0.500. The van der Waals surface area contributed by atoms with Crippen molar-refractivity contribution < 1.29 is 0 Å². The fraction of sp³-hybridized carbons (Fsp3) is 0.240. The molecule has 1 aliphatic heterocycles. The Labute approximate surface area is 171 Å². The predicted molar refractivity (Wildman–Crippen MR) is 117 cm³/mol. The molecule has 0 saturated carbocycles. The summed E-state index contributed by atoms with van der Waals surface area (Å²) >= 11 is 0. The lowest BCUT2D eigenvalue weighted by atomic mass is 9.89. The summed E-state index contributed by atoms with van der Waals surface area (Å²) in [6, 6.07) is 23.5. The van der Waals surface area contributed by atoms with Gasteiger partial charge in [0.1, 0.15) is 0 Å². The van der Waals surface area contributed by atoms with Crippen LogP contribution in [0.25, 0.3) is 10.8 Å². The van der Waals surface area contributed by atoms with Gasteiger partial charge in [-0.3, -0.25) is 4.98 Å². The number of anilines is 1. The van der Waals surface area contributed by atoms with Crippen molar-refractivity contribution in [2.45, 2.75) is 25.2 Å². The van der Waals surface area contributed by atoms with Gasteiger partial charge in [-0.15, -0.1) is 5.10 Å². The lowest BCUT2D eigenvalue weighted by Crippen LogP contribution is -2.33.